The molecule has 1 aliphatic rings. The van der Waals surface area contributed by atoms with Gasteiger partial charge in [0.25, 0.3) is 8.32 Å². The second kappa shape index (κ2) is 7.44. The van der Waals surface area contributed by atoms with E-state index in [-0.39, 0.29) is 10.5 Å². The monoisotopic (exact) mass is 358 g/mol. The first kappa shape index (κ1) is 17.7. The van der Waals surface area contributed by atoms with Crippen LogP contribution in [-0.4, -0.2) is 32.7 Å². The van der Waals surface area contributed by atoms with E-state index in [0.717, 1.165) is 12.4 Å². The smallest absolute Gasteiger partial charge is 0.261 e. The Balaban J connectivity index is 2.06. The number of benzene rings is 2. The van der Waals surface area contributed by atoms with Crippen molar-refractivity contribution in [1.29, 1.82) is 0 Å². The molecule has 2 aromatic carbocycles. The zero-order valence-electron chi connectivity index (χ0n) is 14.7. The highest BCUT2D eigenvalue weighted by Gasteiger charge is 2.50. The molecule has 24 heavy (non-hydrogen) atoms. The van der Waals surface area contributed by atoms with Crippen LogP contribution in [-0.2, 0) is 9.16 Å². The van der Waals surface area contributed by atoms with Crippen molar-refractivity contribution in [1.82, 2.24) is 0 Å². The maximum atomic E-state index is 6.84. The minimum absolute atomic E-state index is 0.0268. The SMILES string of the molecule is CC(C)(C)[Si](OC[C@H]1OCCS1)(c1ccccc1)c1ccccc1. The highest BCUT2D eigenvalue weighted by Crippen LogP contribution is 2.37. The molecule has 0 unspecified atom stereocenters. The lowest BCUT2D eigenvalue weighted by molar-refractivity contribution is 0.0969. The summed E-state index contributed by atoms with van der Waals surface area (Å²) in [5, 5.41) is 2.68. The van der Waals surface area contributed by atoms with E-state index in [9.17, 15) is 0 Å². The summed E-state index contributed by atoms with van der Waals surface area (Å²) < 4.78 is 12.6. The Bertz CT molecular complexity index is 594. The summed E-state index contributed by atoms with van der Waals surface area (Å²) in [5.74, 6) is 1.06. The van der Waals surface area contributed by atoms with Crippen LogP contribution in [0.4, 0.5) is 0 Å². The molecule has 0 aliphatic carbocycles. The van der Waals surface area contributed by atoms with Crippen LogP contribution in [0.2, 0.25) is 5.04 Å². The summed E-state index contributed by atoms with van der Waals surface area (Å²) in [6.45, 7) is 8.41. The Kier molecular flexibility index (Phi) is 5.50. The van der Waals surface area contributed by atoms with Gasteiger partial charge >= 0.3 is 0 Å². The number of hydrogen-bond donors (Lipinski definition) is 0. The molecule has 3 rings (SSSR count). The summed E-state index contributed by atoms with van der Waals surface area (Å²) in [7, 11) is -2.41. The number of thioether (sulfide) groups is 1. The Morgan fingerprint density at radius 2 is 1.54 bits per heavy atom. The summed E-state index contributed by atoms with van der Waals surface area (Å²) >= 11 is 1.86. The Hall–Kier alpha value is -1.07. The van der Waals surface area contributed by atoms with Gasteiger partial charge in [0, 0.05) is 5.75 Å². The van der Waals surface area contributed by atoms with Crippen molar-refractivity contribution < 1.29 is 9.16 Å². The summed E-state index contributed by atoms with van der Waals surface area (Å²) in [4.78, 5) is 0. The van der Waals surface area contributed by atoms with Gasteiger partial charge in [0.15, 0.2) is 0 Å². The van der Waals surface area contributed by atoms with Gasteiger partial charge in [0.1, 0.15) is 5.44 Å². The maximum Gasteiger partial charge on any atom is 0.261 e. The highest BCUT2D eigenvalue weighted by molar-refractivity contribution is 8.00. The third-order valence-electron chi connectivity index (χ3n) is 4.54. The van der Waals surface area contributed by atoms with Gasteiger partial charge < -0.3 is 9.16 Å². The molecule has 0 aromatic heterocycles. The predicted octanol–water partition coefficient (Wildman–Crippen LogP) is 3.65. The second-order valence-corrected chi connectivity index (χ2v) is 12.7. The maximum absolute atomic E-state index is 6.84. The standard InChI is InChI=1S/C20H26O2SSi/c1-20(2,3)24(17-10-6-4-7-11-17,18-12-8-5-9-13-18)22-16-19-21-14-15-23-19/h4-13,19H,14-16H2,1-3H3/t19-/m0/s1. The van der Waals surface area contributed by atoms with Crippen molar-refractivity contribution in [3.63, 3.8) is 0 Å². The van der Waals surface area contributed by atoms with Gasteiger partial charge in [-0.2, -0.15) is 0 Å². The van der Waals surface area contributed by atoms with E-state index < -0.39 is 8.32 Å². The van der Waals surface area contributed by atoms with E-state index in [0.29, 0.717) is 6.61 Å². The summed E-state index contributed by atoms with van der Waals surface area (Å²) in [6.07, 6.45) is 0. The van der Waals surface area contributed by atoms with Crippen molar-refractivity contribution in [2.24, 2.45) is 0 Å². The van der Waals surface area contributed by atoms with E-state index in [1.165, 1.54) is 10.4 Å². The van der Waals surface area contributed by atoms with Gasteiger partial charge in [-0.05, 0) is 15.4 Å². The van der Waals surface area contributed by atoms with Crippen LogP contribution in [0.5, 0.6) is 0 Å². The summed E-state index contributed by atoms with van der Waals surface area (Å²) in [5.41, 5.74) is 0.159. The Morgan fingerprint density at radius 3 is 1.96 bits per heavy atom. The zero-order valence-corrected chi connectivity index (χ0v) is 16.5. The topological polar surface area (TPSA) is 18.5 Å². The van der Waals surface area contributed by atoms with Crippen LogP contribution in [0.3, 0.4) is 0 Å². The van der Waals surface area contributed by atoms with Gasteiger partial charge in [0.05, 0.1) is 13.2 Å². The van der Waals surface area contributed by atoms with Crippen LogP contribution in [0, 0.1) is 0 Å². The van der Waals surface area contributed by atoms with Crippen LogP contribution in [0.15, 0.2) is 60.7 Å². The minimum Gasteiger partial charge on any atom is -0.404 e. The lowest BCUT2D eigenvalue weighted by Crippen LogP contribution is -2.67. The molecule has 0 saturated carbocycles. The second-order valence-electron chi connectivity index (χ2n) is 7.15. The lowest BCUT2D eigenvalue weighted by Gasteiger charge is -2.43. The molecule has 1 atom stereocenters. The molecule has 0 N–H and O–H groups in total. The molecule has 0 amide bonds. The number of rotatable bonds is 5. The van der Waals surface area contributed by atoms with Gasteiger partial charge in [0.2, 0.25) is 0 Å². The molecule has 0 radical (unpaired) electrons. The van der Waals surface area contributed by atoms with Gasteiger partial charge in [-0.15, -0.1) is 11.8 Å². The first-order valence-electron chi connectivity index (χ1n) is 8.52. The van der Waals surface area contributed by atoms with E-state index in [1.807, 2.05) is 11.8 Å². The first-order valence-corrected chi connectivity index (χ1v) is 11.5. The number of hydrogen-bond acceptors (Lipinski definition) is 3. The van der Waals surface area contributed by atoms with Gasteiger partial charge in [-0.1, -0.05) is 81.4 Å². The molecule has 4 heteroatoms. The first-order chi connectivity index (χ1) is 11.5. The van der Waals surface area contributed by atoms with Crippen molar-refractivity contribution in [3.05, 3.63) is 60.7 Å². The van der Waals surface area contributed by atoms with E-state index in [1.54, 1.807) is 0 Å². The van der Waals surface area contributed by atoms with Gasteiger partial charge in [-0.3, -0.25) is 0 Å². The third kappa shape index (κ3) is 3.47. The Morgan fingerprint density at radius 1 is 1.00 bits per heavy atom. The molecule has 0 spiro atoms. The number of ether oxygens (including phenoxy) is 1. The lowest BCUT2D eigenvalue weighted by atomic mass is 10.2. The largest absolute Gasteiger partial charge is 0.404 e. The fraction of sp³-hybridized carbons (Fsp3) is 0.400. The van der Waals surface area contributed by atoms with Crippen molar-refractivity contribution in [2.75, 3.05) is 19.0 Å². The molecule has 2 nitrogen and oxygen atoms in total. The van der Waals surface area contributed by atoms with E-state index in [2.05, 4.69) is 81.4 Å². The van der Waals surface area contributed by atoms with Crippen molar-refractivity contribution >= 4 is 30.5 Å². The van der Waals surface area contributed by atoms with Crippen LogP contribution < -0.4 is 10.4 Å². The molecule has 128 valence electrons. The molecular weight excluding hydrogens is 332 g/mol. The normalized spacial score (nSPS) is 18.7. The zero-order chi connectivity index (χ0) is 17.0. The van der Waals surface area contributed by atoms with E-state index in [4.69, 9.17) is 9.16 Å². The van der Waals surface area contributed by atoms with Crippen LogP contribution in [0.25, 0.3) is 0 Å². The average Bonchev–Trinajstić information content (AvgIpc) is 3.10. The van der Waals surface area contributed by atoms with Crippen molar-refractivity contribution in [2.45, 2.75) is 31.2 Å². The minimum atomic E-state index is -2.41. The fourth-order valence-corrected chi connectivity index (χ4v) is 8.95. The Labute approximate surface area is 150 Å². The molecule has 1 saturated heterocycles. The average molecular weight is 359 g/mol. The van der Waals surface area contributed by atoms with Crippen LogP contribution in [0.1, 0.15) is 20.8 Å². The molecule has 1 aliphatic heterocycles. The molecule has 2 aromatic rings. The van der Waals surface area contributed by atoms with Crippen LogP contribution >= 0.6 is 11.8 Å². The van der Waals surface area contributed by atoms with Crippen molar-refractivity contribution in [3.8, 4) is 0 Å². The highest BCUT2D eigenvalue weighted by atomic mass is 32.2. The van der Waals surface area contributed by atoms with E-state index >= 15 is 0 Å². The molecule has 1 heterocycles. The quantitative estimate of drug-likeness (QED) is 0.760. The third-order valence-corrected chi connectivity index (χ3v) is 10.6. The molecule has 1 fully saturated rings. The summed E-state index contributed by atoms with van der Waals surface area (Å²) in [6, 6.07) is 21.6. The fourth-order valence-electron chi connectivity index (χ4n) is 3.46. The predicted molar refractivity (Wildman–Crippen MR) is 106 cm³/mol. The molecular formula is C20H26O2SSi. The molecule has 0 bridgehead atoms. The van der Waals surface area contributed by atoms with Gasteiger partial charge in [-0.25, -0.2) is 0 Å².